The van der Waals surface area contributed by atoms with Crippen molar-refractivity contribution in [1.82, 2.24) is 4.98 Å². The number of nitrogens with zero attached hydrogens (tertiary/aromatic N) is 1. The maximum Gasteiger partial charge on any atom is 0.260 e. The summed E-state index contributed by atoms with van der Waals surface area (Å²) in [6.07, 6.45) is 0. The van der Waals surface area contributed by atoms with E-state index in [0.29, 0.717) is 15.4 Å². The Balaban J connectivity index is 2.09. The molecule has 27 heavy (non-hydrogen) atoms. The highest BCUT2D eigenvalue weighted by Crippen LogP contribution is 2.43. The number of pyridine rings is 1. The van der Waals surface area contributed by atoms with E-state index in [0.717, 1.165) is 33.5 Å². The molecule has 0 saturated carbocycles. The number of carbonyl (C=O) groups is 1. The molecule has 1 amide bonds. The third-order valence-corrected chi connectivity index (χ3v) is 5.50. The largest absolute Gasteiger partial charge is 0.496 e. The topological polar surface area (TPSA) is 91.2 Å². The fourth-order valence-electron chi connectivity index (χ4n) is 3.14. The zero-order valence-electron chi connectivity index (χ0n) is 14.6. The molecule has 0 aliphatic rings. The molecule has 4 N–H and O–H groups in total. The summed E-state index contributed by atoms with van der Waals surface area (Å²) in [4.78, 5) is 17.5. The number of anilines is 1. The molecule has 0 bridgehead atoms. The maximum atomic E-state index is 11.8. The predicted molar refractivity (Wildman–Crippen MR) is 110 cm³/mol. The molecule has 134 valence electrons. The van der Waals surface area contributed by atoms with Crippen LogP contribution in [0.2, 0.25) is 0 Å². The van der Waals surface area contributed by atoms with Gasteiger partial charge < -0.3 is 16.2 Å². The number of primary amides is 1. The van der Waals surface area contributed by atoms with Crippen molar-refractivity contribution in [1.29, 1.82) is 0 Å². The van der Waals surface area contributed by atoms with Crippen molar-refractivity contribution in [2.45, 2.75) is 0 Å². The first-order valence-corrected chi connectivity index (χ1v) is 9.13. The van der Waals surface area contributed by atoms with Crippen molar-refractivity contribution < 1.29 is 9.53 Å². The minimum absolute atomic E-state index is 0.318. The van der Waals surface area contributed by atoms with Gasteiger partial charge in [0.15, 0.2) is 0 Å². The lowest BCUT2D eigenvalue weighted by Gasteiger charge is -2.12. The van der Waals surface area contributed by atoms with Crippen LogP contribution < -0.4 is 16.2 Å². The molecule has 0 spiro atoms. The van der Waals surface area contributed by atoms with Crippen molar-refractivity contribution in [3.05, 3.63) is 65.5 Å². The van der Waals surface area contributed by atoms with Crippen LogP contribution in [0.15, 0.2) is 60.7 Å². The van der Waals surface area contributed by atoms with Gasteiger partial charge in [0.05, 0.1) is 18.5 Å². The molecule has 5 nitrogen and oxygen atoms in total. The Hall–Kier alpha value is -3.38. The minimum Gasteiger partial charge on any atom is -0.496 e. The molecule has 0 saturated heterocycles. The predicted octanol–water partition coefficient (Wildman–Crippen LogP) is 4.32. The average Bonchev–Trinajstić information content (AvgIpc) is 3.05. The zero-order chi connectivity index (χ0) is 19.0. The summed E-state index contributed by atoms with van der Waals surface area (Å²) < 4.78 is 5.54. The number of benzene rings is 2. The number of hydrogen-bond donors (Lipinski definition) is 2. The first kappa shape index (κ1) is 17.1. The summed E-state index contributed by atoms with van der Waals surface area (Å²) in [7, 11) is 1.63. The average molecular weight is 375 g/mol. The zero-order valence-corrected chi connectivity index (χ0v) is 15.4. The van der Waals surface area contributed by atoms with Crippen LogP contribution in [0.1, 0.15) is 9.67 Å². The summed E-state index contributed by atoms with van der Waals surface area (Å²) in [6, 6.07) is 19.5. The van der Waals surface area contributed by atoms with E-state index >= 15 is 0 Å². The van der Waals surface area contributed by atoms with Gasteiger partial charge in [0.1, 0.15) is 15.5 Å². The molecule has 0 aliphatic carbocycles. The molecule has 6 heteroatoms. The van der Waals surface area contributed by atoms with E-state index in [9.17, 15) is 4.79 Å². The molecule has 0 unspecified atom stereocenters. The first-order valence-electron chi connectivity index (χ1n) is 8.31. The lowest BCUT2D eigenvalue weighted by atomic mass is 9.98. The Morgan fingerprint density at radius 1 is 1.04 bits per heavy atom. The van der Waals surface area contributed by atoms with Crippen LogP contribution in [0.25, 0.3) is 32.6 Å². The van der Waals surface area contributed by atoms with Gasteiger partial charge in [0.2, 0.25) is 0 Å². The second kappa shape index (κ2) is 6.74. The number of fused-ring (bicyclic) bond motifs is 1. The van der Waals surface area contributed by atoms with E-state index in [1.54, 1.807) is 7.11 Å². The molecular weight excluding hydrogens is 358 g/mol. The van der Waals surface area contributed by atoms with Crippen LogP contribution in [0.4, 0.5) is 5.69 Å². The molecule has 2 heterocycles. The Kier molecular flexibility index (Phi) is 4.25. The fourth-order valence-corrected chi connectivity index (χ4v) is 4.11. The SMILES string of the molecule is COc1ccccc1-c1cc(-c2ccccc2)nc2sc(C(N)=O)c(N)c12. The Labute approximate surface area is 160 Å². The molecule has 0 fully saturated rings. The van der Waals surface area contributed by atoms with Gasteiger partial charge in [0, 0.05) is 16.5 Å². The number of nitrogens with two attached hydrogens (primary N) is 2. The van der Waals surface area contributed by atoms with Gasteiger partial charge in [-0.25, -0.2) is 4.98 Å². The van der Waals surface area contributed by atoms with Gasteiger partial charge in [-0.3, -0.25) is 4.79 Å². The number of amides is 1. The van der Waals surface area contributed by atoms with E-state index in [1.165, 1.54) is 11.3 Å². The number of carbonyl (C=O) groups excluding carboxylic acids is 1. The van der Waals surface area contributed by atoms with E-state index < -0.39 is 5.91 Å². The van der Waals surface area contributed by atoms with Crippen LogP contribution in [-0.2, 0) is 0 Å². The second-order valence-electron chi connectivity index (χ2n) is 6.01. The van der Waals surface area contributed by atoms with Crippen molar-refractivity contribution in [2.24, 2.45) is 5.73 Å². The van der Waals surface area contributed by atoms with Crippen molar-refractivity contribution in [3.8, 4) is 28.1 Å². The van der Waals surface area contributed by atoms with Gasteiger partial charge >= 0.3 is 0 Å². The van der Waals surface area contributed by atoms with Gasteiger partial charge in [0.25, 0.3) is 5.91 Å². The number of nitrogen functional groups attached to an aromatic ring is 1. The third-order valence-electron chi connectivity index (χ3n) is 4.39. The monoisotopic (exact) mass is 375 g/mol. The molecule has 0 aliphatic heterocycles. The van der Waals surface area contributed by atoms with Gasteiger partial charge in [-0.1, -0.05) is 48.5 Å². The number of aromatic nitrogens is 1. The minimum atomic E-state index is -0.553. The molecule has 4 rings (SSSR count). The number of hydrogen-bond acceptors (Lipinski definition) is 5. The Bertz CT molecular complexity index is 1150. The Morgan fingerprint density at radius 2 is 1.74 bits per heavy atom. The number of ether oxygens (including phenoxy) is 1. The number of thiophene rings is 1. The molecule has 0 atom stereocenters. The molecule has 4 aromatic rings. The quantitative estimate of drug-likeness (QED) is 0.556. The van der Waals surface area contributed by atoms with Crippen LogP contribution in [0.5, 0.6) is 5.75 Å². The molecule has 2 aromatic carbocycles. The van der Waals surface area contributed by atoms with Crippen LogP contribution >= 0.6 is 11.3 Å². The van der Waals surface area contributed by atoms with Gasteiger partial charge in [-0.05, 0) is 17.7 Å². The van der Waals surface area contributed by atoms with Crippen LogP contribution in [-0.4, -0.2) is 18.0 Å². The van der Waals surface area contributed by atoms with Crippen LogP contribution in [0, 0.1) is 0 Å². The summed E-state index contributed by atoms with van der Waals surface area (Å²) in [5, 5.41) is 0.720. The second-order valence-corrected chi connectivity index (χ2v) is 7.01. The summed E-state index contributed by atoms with van der Waals surface area (Å²) in [5.41, 5.74) is 15.7. The molecular formula is C21H17N3O2S. The van der Waals surface area contributed by atoms with Gasteiger partial charge in [-0.15, -0.1) is 11.3 Å². The highest BCUT2D eigenvalue weighted by Gasteiger charge is 2.21. The first-order chi connectivity index (χ1) is 13.1. The lowest BCUT2D eigenvalue weighted by molar-refractivity contribution is 0.100. The van der Waals surface area contributed by atoms with Crippen LogP contribution in [0.3, 0.4) is 0 Å². The highest BCUT2D eigenvalue weighted by molar-refractivity contribution is 7.21. The summed E-state index contributed by atoms with van der Waals surface area (Å²) >= 11 is 1.21. The lowest BCUT2D eigenvalue weighted by Crippen LogP contribution is -2.10. The summed E-state index contributed by atoms with van der Waals surface area (Å²) in [6.45, 7) is 0. The summed E-state index contributed by atoms with van der Waals surface area (Å²) in [5.74, 6) is 0.165. The standard InChI is InChI=1S/C21H17N3O2S/c1-26-16-10-6-5-9-13(16)14-11-15(12-7-3-2-4-8-12)24-21-17(14)18(22)19(27-21)20(23)25/h2-11H,22H2,1H3,(H2,23,25). The van der Waals surface area contributed by atoms with E-state index in [1.807, 2.05) is 60.7 Å². The van der Waals surface area contributed by atoms with E-state index in [2.05, 4.69) is 0 Å². The van der Waals surface area contributed by atoms with E-state index in [4.69, 9.17) is 21.2 Å². The van der Waals surface area contributed by atoms with Crippen molar-refractivity contribution in [2.75, 3.05) is 12.8 Å². The fraction of sp³-hybridized carbons (Fsp3) is 0.0476. The smallest absolute Gasteiger partial charge is 0.260 e. The third kappa shape index (κ3) is 2.90. The number of para-hydroxylation sites is 1. The Morgan fingerprint density at radius 3 is 2.44 bits per heavy atom. The normalized spacial score (nSPS) is 10.9. The maximum absolute atomic E-state index is 11.8. The van der Waals surface area contributed by atoms with Crippen molar-refractivity contribution >= 4 is 33.1 Å². The number of rotatable bonds is 4. The van der Waals surface area contributed by atoms with Crippen molar-refractivity contribution in [3.63, 3.8) is 0 Å². The van der Waals surface area contributed by atoms with E-state index in [-0.39, 0.29) is 0 Å². The highest BCUT2D eigenvalue weighted by atomic mass is 32.1. The number of methoxy groups -OCH3 is 1. The molecule has 0 radical (unpaired) electrons. The van der Waals surface area contributed by atoms with Gasteiger partial charge in [-0.2, -0.15) is 0 Å². The molecule has 2 aromatic heterocycles.